The summed E-state index contributed by atoms with van der Waals surface area (Å²) in [5.74, 6) is -0.503. The Labute approximate surface area is 212 Å². The van der Waals surface area contributed by atoms with Gasteiger partial charge in [0.1, 0.15) is 28.6 Å². The zero-order valence-electron chi connectivity index (χ0n) is 21.0. The van der Waals surface area contributed by atoms with E-state index in [1.807, 2.05) is 0 Å². The Hall–Kier alpha value is -3.91. The molecule has 1 aliphatic heterocycles. The first-order valence-corrected chi connectivity index (χ1v) is 11.4. The van der Waals surface area contributed by atoms with Crippen molar-refractivity contribution in [2.45, 2.75) is 38.8 Å². The molecule has 1 aliphatic rings. The highest BCUT2D eigenvalue weighted by atomic mass is 19.3. The van der Waals surface area contributed by atoms with Gasteiger partial charge in [0.15, 0.2) is 0 Å². The third-order valence-electron chi connectivity index (χ3n) is 6.53. The molecule has 11 heteroatoms. The lowest BCUT2D eigenvalue weighted by Crippen LogP contribution is -2.39. The first-order valence-electron chi connectivity index (χ1n) is 11.4. The van der Waals surface area contributed by atoms with Gasteiger partial charge in [-0.3, -0.25) is 9.59 Å². The molecule has 1 atom stereocenters. The number of amides is 1. The number of benzene rings is 1. The van der Waals surface area contributed by atoms with E-state index in [9.17, 15) is 22.8 Å². The molecule has 1 saturated heterocycles. The van der Waals surface area contributed by atoms with E-state index >= 15 is 0 Å². The van der Waals surface area contributed by atoms with Crippen molar-refractivity contribution in [3.05, 3.63) is 63.1 Å². The fourth-order valence-electron chi connectivity index (χ4n) is 4.57. The van der Waals surface area contributed by atoms with E-state index in [1.165, 1.54) is 30.7 Å². The molecule has 0 radical (unpaired) electrons. The van der Waals surface area contributed by atoms with Crippen LogP contribution in [0.4, 0.5) is 19.0 Å². The van der Waals surface area contributed by atoms with Crippen molar-refractivity contribution in [1.82, 2.24) is 19.4 Å². The average molecular weight is 516 g/mol. The van der Waals surface area contributed by atoms with Crippen molar-refractivity contribution in [2.24, 2.45) is 7.05 Å². The standard InChI is InChI=1S/C24H26F3N5O3.C2H2/c1-13-29-20-17(22(30-13)28-11-15-6-5-7-16(19(15)25)21(26)27)10-18(31(3)23(20)34)24(35-4)8-9-32(12-24)14(2)33;1-2/h5-7,10,21H,8-9,11-12H2,1-4H3,(H,28,29,30);1-2H. The van der Waals surface area contributed by atoms with Crippen molar-refractivity contribution in [1.29, 1.82) is 0 Å². The molecule has 8 nitrogen and oxygen atoms in total. The number of aromatic nitrogens is 3. The number of fused-ring (bicyclic) bond motifs is 1. The van der Waals surface area contributed by atoms with Gasteiger partial charge in [0, 0.05) is 46.2 Å². The molecule has 0 saturated carbocycles. The molecule has 1 N–H and O–H groups in total. The fourth-order valence-corrected chi connectivity index (χ4v) is 4.57. The number of rotatable bonds is 6. The van der Waals surface area contributed by atoms with Gasteiger partial charge in [-0.15, -0.1) is 12.8 Å². The zero-order chi connectivity index (χ0) is 27.5. The number of anilines is 1. The van der Waals surface area contributed by atoms with Crippen molar-refractivity contribution in [3.63, 3.8) is 0 Å². The highest BCUT2D eigenvalue weighted by Crippen LogP contribution is 2.36. The number of hydrogen-bond acceptors (Lipinski definition) is 6. The Morgan fingerprint density at radius 1 is 1.30 bits per heavy atom. The molecule has 0 spiro atoms. The lowest BCUT2D eigenvalue weighted by Gasteiger charge is -2.30. The summed E-state index contributed by atoms with van der Waals surface area (Å²) in [4.78, 5) is 35.6. The van der Waals surface area contributed by atoms with E-state index in [0.29, 0.717) is 29.9 Å². The third-order valence-corrected chi connectivity index (χ3v) is 6.53. The lowest BCUT2D eigenvalue weighted by atomic mass is 9.96. The van der Waals surface area contributed by atoms with E-state index in [0.717, 1.165) is 6.07 Å². The second kappa shape index (κ2) is 11.0. The maximum Gasteiger partial charge on any atom is 0.277 e. The second-order valence-electron chi connectivity index (χ2n) is 8.64. The molecule has 0 aliphatic carbocycles. The minimum atomic E-state index is -2.94. The zero-order valence-corrected chi connectivity index (χ0v) is 21.0. The second-order valence-corrected chi connectivity index (χ2v) is 8.64. The molecule has 3 heterocycles. The summed E-state index contributed by atoms with van der Waals surface area (Å²) in [5, 5.41) is 3.37. The Kier molecular flexibility index (Phi) is 8.23. The summed E-state index contributed by atoms with van der Waals surface area (Å²) in [5.41, 5.74) is -1.23. The number of halogens is 3. The normalized spacial score (nSPS) is 17.1. The highest BCUT2D eigenvalue weighted by molar-refractivity contribution is 5.89. The molecular weight excluding hydrogens is 487 g/mol. The van der Waals surface area contributed by atoms with Gasteiger partial charge < -0.3 is 19.5 Å². The topological polar surface area (TPSA) is 89.3 Å². The van der Waals surface area contributed by atoms with Gasteiger partial charge in [-0.1, -0.05) is 18.2 Å². The van der Waals surface area contributed by atoms with E-state index < -0.39 is 23.4 Å². The van der Waals surface area contributed by atoms with Gasteiger partial charge in [-0.2, -0.15) is 0 Å². The summed E-state index contributed by atoms with van der Waals surface area (Å²) in [6.45, 7) is 3.72. The van der Waals surface area contributed by atoms with Crippen LogP contribution in [0.3, 0.4) is 0 Å². The minimum absolute atomic E-state index is 0.0394. The first-order chi connectivity index (χ1) is 17.6. The van der Waals surface area contributed by atoms with Crippen LogP contribution in [0.5, 0.6) is 0 Å². The number of carbonyl (C=O) groups excluding carboxylic acids is 1. The largest absolute Gasteiger partial charge is 0.370 e. The van der Waals surface area contributed by atoms with Crippen molar-refractivity contribution in [2.75, 3.05) is 25.5 Å². The van der Waals surface area contributed by atoms with Gasteiger partial charge in [0.25, 0.3) is 12.0 Å². The number of nitrogens with one attached hydrogen (secondary N) is 1. The fraction of sp³-hybridized carbons (Fsp3) is 0.385. The SMILES string of the molecule is C#C.COC1(c2cc3c(NCc4cccc(C(F)F)c4F)nc(C)nc3c(=O)n2C)CCN(C(C)=O)C1. The number of methoxy groups -OCH3 is 1. The summed E-state index contributed by atoms with van der Waals surface area (Å²) in [7, 11) is 3.14. The van der Waals surface area contributed by atoms with Crippen LogP contribution in [0.2, 0.25) is 0 Å². The third kappa shape index (κ3) is 5.15. The number of nitrogens with zero attached hydrogens (tertiary/aromatic N) is 4. The summed E-state index contributed by atoms with van der Waals surface area (Å²) < 4.78 is 48.1. The number of aryl methyl sites for hydroxylation is 1. The molecule has 1 aromatic carbocycles. The number of alkyl halides is 2. The average Bonchev–Trinajstić information content (AvgIpc) is 3.33. The summed E-state index contributed by atoms with van der Waals surface area (Å²) in [6, 6.07) is 5.54. The Morgan fingerprint density at radius 2 is 2.00 bits per heavy atom. The van der Waals surface area contributed by atoms with Crippen LogP contribution in [0.25, 0.3) is 10.9 Å². The smallest absolute Gasteiger partial charge is 0.277 e. The monoisotopic (exact) mass is 515 g/mol. The minimum Gasteiger partial charge on any atom is -0.370 e. The summed E-state index contributed by atoms with van der Waals surface area (Å²) in [6.07, 6.45) is 5.55. The molecule has 1 fully saturated rings. The molecule has 1 amide bonds. The van der Waals surface area contributed by atoms with Crippen LogP contribution in [0, 0.1) is 25.6 Å². The Balaban J connectivity index is 0.00000186. The van der Waals surface area contributed by atoms with Gasteiger partial charge in [-0.05, 0) is 13.0 Å². The molecule has 0 bridgehead atoms. The highest BCUT2D eigenvalue weighted by Gasteiger charge is 2.43. The van der Waals surface area contributed by atoms with Crippen LogP contribution >= 0.6 is 0 Å². The first kappa shape index (κ1) is 27.7. The van der Waals surface area contributed by atoms with Crippen LogP contribution in [-0.4, -0.2) is 45.5 Å². The van der Waals surface area contributed by atoms with Crippen LogP contribution in [-0.2, 0) is 28.7 Å². The van der Waals surface area contributed by atoms with E-state index in [2.05, 4.69) is 28.1 Å². The predicted molar refractivity (Wildman–Crippen MR) is 134 cm³/mol. The number of pyridine rings is 1. The van der Waals surface area contributed by atoms with E-state index in [-0.39, 0.29) is 41.5 Å². The molecule has 1 unspecified atom stereocenters. The molecule has 4 rings (SSSR count). The molecular formula is C26H28F3N5O3. The van der Waals surface area contributed by atoms with Crippen molar-refractivity contribution in [3.8, 4) is 12.8 Å². The van der Waals surface area contributed by atoms with Gasteiger partial charge >= 0.3 is 0 Å². The van der Waals surface area contributed by atoms with Gasteiger partial charge in [-0.25, -0.2) is 23.1 Å². The quantitative estimate of drug-likeness (QED) is 0.504. The summed E-state index contributed by atoms with van der Waals surface area (Å²) >= 11 is 0. The Bertz CT molecular complexity index is 1410. The van der Waals surface area contributed by atoms with Crippen LogP contribution < -0.4 is 10.9 Å². The maximum atomic E-state index is 14.5. The van der Waals surface area contributed by atoms with Crippen LogP contribution in [0.1, 0.15) is 42.4 Å². The number of terminal acetylenes is 1. The number of likely N-dealkylation sites (tertiary alicyclic amines) is 1. The van der Waals surface area contributed by atoms with Gasteiger partial charge in [0.2, 0.25) is 5.91 Å². The van der Waals surface area contributed by atoms with Crippen molar-refractivity contribution >= 4 is 22.6 Å². The Morgan fingerprint density at radius 3 is 2.59 bits per heavy atom. The number of hydrogen-bond donors (Lipinski definition) is 1. The maximum absolute atomic E-state index is 14.5. The van der Waals surface area contributed by atoms with E-state index in [1.54, 1.807) is 24.9 Å². The molecule has 196 valence electrons. The molecule has 3 aromatic rings. The number of carbonyl (C=O) groups is 1. The van der Waals surface area contributed by atoms with Crippen molar-refractivity contribution < 1.29 is 22.7 Å². The molecule has 37 heavy (non-hydrogen) atoms. The number of ether oxygens (including phenoxy) is 1. The lowest BCUT2D eigenvalue weighted by molar-refractivity contribution is -0.129. The van der Waals surface area contributed by atoms with Gasteiger partial charge in [0.05, 0.1) is 23.2 Å². The predicted octanol–water partition coefficient (Wildman–Crippen LogP) is 3.67. The molecule has 2 aromatic heterocycles. The van der Waals surface area contributed by atoms with E-state index in [4.69, 9.17) is 4.74 Å². The van der Waals surface area contributed by atoms with Crippen LogP contribution in [0.15, 0.2) is 29.1 Å².